The summed E-state index contributed by atoms with van der Waals surface area (Å²) in [5, 5.41) is 8.39. The molecule has 0 amide bonds. The number of carboxylic acids is 1. The van der Waals surface area contributed by atoms with E-state index >= 15 is 0 Å². The Morgan fingerprint density at radius 3 is 2.39 bits per heavy atom. The van der Waals surface area contributed by atoms with Crippen molar-refractivity contribution in [1.82, 2.24) is 0 Å². The van der Waals surface area contributed by atoms with E-state index in [0.717, 1.165) is 12.5 Å². The van der Waals surface area contributed by atoms with Gasteiger partial charge in [0, 0.05) is 0 Å². The lowest BCUT2D eigenvalue weighted by molar-refractivity contribution is 0.0656. The smallest absolute Gasteiger partial charge is 0.371 e. The minimum absolute atomic E-state index is 0.0309. The van der Waals surface area contributed by atoms with Crippen LogP contribution >= 0.6 is 0 Å². The summed E-state index contributed by atoms with van der Waals surface area (Å²) in [5.41, 5.74) is 0.0743. The van der Waals surface area contributed by atoms with Gasteiger partial charge in [0.05, 0.1) is 5.75 Å². The van der Waals surface area contributed by atoms with E-state index in [9.17, 15) is 13.2 Å². The number of furan rings is 1. The molecular formula is C12H18O5S. The van der Waals surface area contributed by atoms with Crippen molar-refractivity contribution in [2.75, 3.05) is 5.75 Å². The maximum Gasteiger partial charge on any atom is 0.371 e. The van der Waals surface area contributed by atoms with Gasteiger partial charge in [-0.05, 0) is 30.4 Å². The summed E-state index contributed by atoms with van der Waals surface area (Å²) in [5.74, 6) is -1.66. The van der Waals surface area contributed by atoms with Crippen molar-refractivity contribution in [2.24, 2.45) is 5.41 Å². The highest BCUT2D eigenvalue weighted by atomic mass is 32.2. The molecule has 1 heterocycles. The minimum atomic E-state index is -3.53. The Balaban J connectivity index is 2.71. The highest BCUT2D eigenvalue weighted by Crippen LogP contribution is 2.23. The van der Waals surface area contributed by atoms with Gasteiger partial charge in [0.2, 0.25) is 20.7 Å². The van der Waals surface area contributed by atoms with Crippen molar-refractivity contribution in [3.63, 3.8) is 0 Å². The Labute approximate surface area is 107 Å². The van der Waals surface area contributed by atoms with Crippen LogP contribution in [0.3, 0.4) is 0 Å². The lowest BCUT2D eigenvalue weighted by Crippen LogP contribution is -2.11. The van der Waals surface area contributed by atoms with Gasteiger partial charge in [-0.15, -0.1) is 0 Å². The van der Waals surface area contributed by atoms with Gasteiger partial charge < -0.3 is 9.52 Å². The molecule has 0 unspecified atom stereocenters. The number of hydrogen-bond acceptors (Lipinski definition) is 4. The molecule has 0 spiro atoms. The van der Waals surface area contributed by atoms with Gasteiger partial charge in [-0.3, -0.25) is 0 Å². The summed E-state index contributed by atoms with van der Waals surface area (Å²) < 4.78 is 28.5. The van der Waals surface area contributed by atoms with Gasteiger partial charge >= 0.3 is 5.97 Å². The minimum Gasteiger partial charge on any atom is -0.475 e. The van der Waals surface area contributed by atoms with E-state index in [1.807, 2.05) is 20.8 Å². The molecule has 102 valence electrons. The molecule has 1 N–H and O–H groups in total. The Morgan fingerprint density at radius 2 is 1.94 bits per heavy atom. The first-order chi connectivity index (χ1) is 8.12. The third-order valence-electron chi connectivity index (χ3n) is 2.44. The molecule has 1 aromatic rings. The molecule has 5 nitrogen and oxygen atoms in total. The molecule has 0 saturated carbocycles. The maximum absolute atomic E-state index is 11.9. The second-order valence-corrected chi connectivity index (χ2v) is 7.45. The molecule has 0 radical (unpaired) electrons. The second-order valence-electron chi connectivity index (χ2n) is 5.41. The van der Waals surface area contributed by atoms with Crippen LogP contribution in [0, 0.1) is 5.41 Å². The van der Waals surface area contributed by atoms with Crippen molar-refractivity contribution in [2.45, 2.75) is 38.7 Å². The lowest BCUT2D eigenvalue weighted by Gasteiger charge is -2.17. The van der Waals surface area contributed by atoms with Crippen molar-refractivity contribution >= 4 is 15.8 Å². The molecule has 18 heavy (non-hydrogen) atoms. The molecule has 0 aliphatic carbocycles. The zero-order valence-corrected chi connectivity index (χ0v) is 11.6. The average molecular weight is 274 g/mol. The Hall–Kier alpha value is -1.30. The van der Waals surface area contributed by atoms with Crippen LogP contribution in [0.1, 0.15) is 44.2 Å². The van der Waals surface area contributed by atoms with E-state index in [-0.39, 0.29) is 22.0 Å². The lowest BCUT2D eigenvalue weighted by atomic mass is 9.91. The zero-order chi connectivity index (χ0) is 14.0. The fraction of sp³-hybridized carbons (Fsp3) is 0.583. The van der Waals surface area contributed by atoms with Crippen molar-refractivity contribution < 1.29 is 22.7 Å². The zero-order valence-electron chi connectivity index (χ0n) is 10.8. The molecule has 0 aromatic carbocycles. The number of carboxylic acid groups (broad SMARTS) is 1. The second kappa shape index (κ2) is 5.14. The van der Waals surface area contributed by atoms with Crippen LogP contribution < -0.4 is 0 Å². The summed E-state index contributed by atoms with van der Waals surface area (Å²) in [7, 11) is -3.53. The highest BCUT2D eigenvalue weighted by Gasteiger charge is 2.22. The number of carbonyl (C=O) groups is 1. The molecule has 6 heteroatoms. The fourth-order valence-corrected chi connectivity index (χ4v) is 2.71. The summed E-state index contributed by atoms with van der Waals surface area (Å²) in [6.07, 6.45) is 1.30. The molecule has 0 bridgehead atoms. The number of sulfone groups is 1. The fourth-order valence-electron chi connectivity index (χ4n) is 1.50. The Morgan fingerprint density at radius 1 is 1.33 bits per heavy atom. The van der Waals surface area contributed by atoms with Crippen LogP contribution in [-0.2, 0) is 9.84 Å². The van der Waals surface area contributed by atoms with Gasteiger partial charge in [0.15, 0.2) is 0 Å². The highest BCUT2D eigenvalue weighted by molar-refractivity contribution is 7.91. The van der Waals surface area contributed by atoms with E-state index in [2.05, 4.69) is 0 Å². The molecule has 0 atom stereocenters. The van der Waals surface area contributed by atoms with E-state index < -0.39 is 15.8 Å². The van der Waals surface area contributed by atoms with Gasteiger partial charge in [0.1, 0.15) is 0 Å². The summed E-state index contributed by atoms with van der Waals surface area (Å²) >= 11 is 0. The molecule has 0 aliphatic rings. The number of hydrogen-bond donors (Lipinski definition) is 1. The van der Waals surface area contributed by atoms with Crippen LogP contribution in [0.4, 0.5) is 0 Å². The Bertz CT molecular complexity index is 519. The standard InChI is InChI=1S/C12H18O5S/c1-12(2,3)7-4-8-18(15,16)10-6-5-9(17-10)11(13)14/h5-6H,4,7-8H2,1-3H3,(H,13,14). The quantitative estimate of drug-likeness (QED) is 0.892. The number of aromatic carboxylic acids is 1. The van der Waals surface area contributed by atoms with Crippen molar-refractivity contribution in [1.29, 1.82) is 0 Å². The monoisotopic (exact) mass is 274 g/mol. The van der Waals surface area contributed by atoms with E-state index in [1.165, 1.54) is 6.07 Å². The maximum atomic E-state index is 11.9. The van der Waals surface area contributed by atoms with Gasteiger partial charge in [0.25, 0.3) is 0 Å². The van der Waals surface area contributed by atoms with Gasteiger partial charge in [-0.1, -0.05) is 20.8 Å². The van der Waals surface area contributed by atoms with E-state index in [0.29, 0.717) is 6.42 Å². The molecule has 1 rings (SSSR count). The van der Waals surface area contributed by atoms with Crippen LogP contribution in [-0.4, -0.2) is 25.2 Å². The predicted octanol–water partition coefficient (Wildman–Crippen LogP) is 2.58. The summed E-state index contributed by atoms with van der Waals surface area (Å²) in [6.45, 7) is 6.11. The molecule has 0 fully saturated rings. The third-order valence-corrected chi connectivity index (χ3v) is 4.10. The molecule has 0 saturated heterocycles. The van der Waals surface area contributed by atoms with Crippen LogP contribution in [0.2, 0.25) is 0 Å². The summed E-state index contributed by atoms with van der Waals surface area (Å²) in [4.78, 5) is 10.6. The molecule has 1 aromatic heterocycles. The average Bonchev–Trinajstić information content (AvgIpc) is 2.63. The van der Waals surface area contributed by atoms with Gasteiger partial charge in [-0.25, -0.2) is 13.2 Å². The first kappa shape index (κ1) is 14.8. The first-order valence-corrected chi connectivity index (χ1v) is 7.33. The topological polar surface area (TPSA) is 84.6 Å². The predicted molar refractivity (Wildman–Crippen MR) is 66.4 cm³/mol. The third kappa shape index (κ3) is 4.18. The summed E-state index contributed by atoms with van der Waals surface area (Å²) in [6, 6.07) is 2.34. The normalized spacial score (nSPS) is 12.6. The van der Waals surface area contributed by atoms with Crippen LogP contribution in [0.25, 0.3) is 0 Å². The molecular weight excluding hydrogens is 256 g/mol. The number of rotatable bonds is 5. The largest absolute Gasteiger partial charge is 0.475 e. The van der Waals surface area contributed by atoms with Crippen LogP contribution in [0.5, 0.6) is 0 Å². The van der Waals surface area contributed by atoms with Crippen molar-refractivity contribution in [3.05, 3.63) is 17.9 Å². The first-order valence-electron chi connectivity index (χ1n) is 5.68. The molecule has 0 aliphatic heterocycles. The van der Waals surface area contributed by atoms with Crippen molar-refractivity contribution in [3.8, 4) is 0 Å². The van der Waals surface area contributed by atoms with Gasteiger partial charge in [-0.2, -0.15) is 0 Å². The van der Waals surface area contributed by atoms with E-state index in [1.54, 1.807) is 0 Å². The Kier molecular flexibility index (Phi) is 4.21. The van der Waals surface area contributed by atoms with E-state index in [4.69, 9.17) is 9.52 Å². The SMILES string of the molecule is CC(C)(C)CCCS(=O)(=O)c1ccc(C(=O)O)o1. The van der Waals surface area contributed by atoms with Crippen LogP contribution in [0.15, 0.2) is 21.6 Å².